The first-order valence-corrected chi connectivity index (χ1v) is 4.08. The molecule has 0 aromatic heterocycles. The van der Waals surface area contributed by atoms with Crippen LogP contribution in [0.1, 0.15) is 16.7 Å². The number of hydrogen-bond acceptors (Lipinski definition) is 1. The Hall–Kier alpha value is -1.40. The summed E-state index contributed by atoms with van der Waals surface area (Å²) in [5.74, 6) is 0. The molecule has 0 saturated heterocycles. The number of benzene rings is 1. The fraction of sp³-hybridized carbons (Fsp3) is 0.333. The third kappa shape index (κ3) is 2.23. The lowest BCUT2D eigenvalue weighted by Gasteiger charge is -2.16. The fourth-order valence-corrected chi connectivity index (χ4v) is 1.28. The smallest absolute Gasteiger partial charge is 0.398 e. The summed E-state index contributed by atoms with van der Waals surface area (Å²) in [6, 6.07) is 0.722. The van der Waals surface area contributed by atoms with E-state index in [9.17, 15) is 26.3 Å². The molecule has 0 amide bonds. The highest BCUT2D eigenvalue weighted by molar-refractivity contribution is 5.58. The van der Waals surface area contributed by atoms with Crippen molar-refractivity contribution in [1.29, 1.82) is 0 Å². The average Bonchev–Trinajstić information content (AvgIpc) is 2.05. The molecule has 2 N–H and O–H groups in total. The maximum atomic E-state index is 12.3. The lowest BCUT2D eigenvalue weighted by molar-refractivity contribution is -0.141. The van der Waals surface area contributed by atoms with Gasteiger partial charge in [-0.1, -0.05) is 0 Å². The van der Waals surface area contributed by atoms with Crippen LogP contribution in [-0.4, -0.2) is 0 Å². The maximum absolute atomic E-state index is 12.3. The van der Waals surface area contributed by atoms with Crippen molar-refractivity contribution in [3.8, 4) is 0 Å². The Kier molecular flexibility index (Phi) is 2.82. The van der Waals surface area contributed by atoms with Crippen LogP contribution in [0, 0.1) is 6.92 Å². The van der Waals surface area contributed by atoms with E-state index in [1.54, 1.807) is 0 Å². The Labute approximate surface area is 86.9 Å². The summed E-state index contributed by atoms with van der Waals surface area (Å²) < 4.78 is 73.8. The lowest BCUT2D eigenvalue weighted by Crippen LogP contribution is -2.14. The van der Waals surface area contributed by atoms with Crippen molar-refractivity contribution in [2.24, 2.45) is 0 Å². The summed E-state index contributed by atoms with van der Waals surface area (Å²) in [5.41, 5.74) is 1.14. The first-order chi connectivity index (χ1) is 7.05. The molecule has 0 bridgehead atoms. The average molecular weight is 243 g/mol. The Morgan fingerprint density at radius 1 is 0.875 bits per heavy atom. The SMILES string of the molecule is Cc1c(C(F)(F)F)ccc(C(F)(F)F)c1N. The lowest BCUT2D eigenvalue weighted by atomic mass is 10.0. The van der Waals surface area contributed by atoms with Gasteiger partial charge < -0.3 is 5.73 Å². The molecule has 0 aliphatic heterocycles. The summed E-state index contributed by atoms with van der Waals surface area (Å²) in [6.45, 7) is 0.910. The highest BCUT2D eigenvalue weighted by Gasteiger charge is 2.38. The number of nitrogen functional groups attached to an aromatic ring is 1. The van der Waals surface area contributed by atoms with Crippen molar-refractivity contribution in [1.82, 2.24) is 0 Å². The van der Waals surface area contributed by atoms with E-state index < -0.39 is 34.7 Å². The van der Waals surface area contributed by atoms with Crippen molar-refractivity contribution in [3.05, 3.63) is 28.8 Å². The molecule has 0 heterocycles. The largest absolute Gasteiger partial charge is 0.418 e. The number of rotatable bonds is 0. The normalized spacial score (nSPS) is 12.9. The van der Waals surface area contributed by atoms with Gasteiger partial charge >= 0.3 is 12.4 Å². The van der Waals surface area contributed by atoms with Crippen LogP contribution in [-0.2, 0) is 12.4 Å². The van der Waals surface area contributed by atoms with E-state index in [0.29, 0.717) is 12.1 Å². The van der Waals surface area contributed by atoms with Gasteiger partial charge in [0.2, 0.25) is 0 Å². The van der Waals surface area contributed by atoms with Gasteiger partial charge in [-0.15, -0.1) is 0 Å². The molecule has 0 aliphatic carbocycles. The summed E-state index contributed by atoms with van der Waals surface area (Å²) in [6.07, 6.45) is -9.46. The minimum Gasteiger partial charge on any atom is -0.398 e. The van der Waals surface area contributed by atoms with Crippen LogP contribution < -0.4 is 5.73 Å². The summed E-state index contributed by atoms with van der Waals surface area (Å²) >= 11 is 0. The van der Waals surface area contributed by atoms with Gasteiger partial charge in [0.1, 0.15) is 0 Å². The van der Waals surface area contributed by atoms with Crippen LogP contribution in [0.5, 0.6) is 0 Å². The van der Waals surface area contributed by atoms with E-state index in [1.165, 1.54) is 0 Å². The summed E-state index contributed by atoms with van der Waals surface area (Å²) in [7, 11) is 0. The van der Waals surface area contributed by atoms with E-state index in [1.807, 2.05) is 0 Å². The van der Waals surface area contributed by atoms with E-state index in [0.717, 1.165) is 6.92 Å². The van der Waals surface area contributed by atoms with Crippen molar-refractivity contribution in [2.45, 2.75) is 19.3 Å². The molecule has 0 aliphatic rings. The maximum Gasteiger partial charge on any atom is 0.418 e. The van der Waals surface area contributed by atoms with Crippen molar-refractivity contribution >= 4 is 5.69 Å². The number of anilines is 1. The predicted molar refractivity (Wildman–Crippen MR) is 45.6 cm³/mol. The van der Waals surface area contributed by atoms with Gasteiger partial charge in [0.25, 0.3) is 0 Å². The van der Waals surface area contributed by atoms with Gasteiger partial charge in [0.05, 0.1) is 11.1 Å². The summed E-state index contributed by atoms with van der Waals surface area (Å²) in [5, 5.41) is 0. The Morgan fingerprint density at radius 2 is 1.25 bits per heavy atom. The molecule has 1 aromatic carbocycles. The third-order valence-corrected chi connectivity index (χ3v) is 2.13. The monoisotopic (exact) mass is 243 g/mol. The van der Waals surface area contributed by atoms with E-state index >= 15 is 0 Å². The topological polar surface area (TPSA) is 26.0 Å². The molecule has 90 valence electrons. The zero-order valence-corrected chi connectivity index (χ0v) is 8.00. The molecule has 0 saturated carbocycles. The molecule has 0 atom stereocenters. The summed E-state index contributed by atoms with van der Waals surface area (Å²) in [4.78, 5) is 0. The van der Waals surface area contributed by atoms with Crippen molar-refractivity contribution < 1.29 is 26.3 Å². The van der Waals surface area contributed by atoms with E-state index in [4.69, 9.17) is 5.73 Å². The quantitative estimate of drug-likeness (QED) is 0.546. The van der Waals surface area contributed by atoms with E-state index in [2.05, 4.69) is 0 Å². The Bertz CT molecular complexity index is 365. The minimum absolute atomic E-state index is 0.338. The predicted octanol–water partition coefficient (Wildman–Crippen LogP) is 3.61. The number of nitrogens with two attached hydrogens (primary N) is 1. The van der Waals surface area contributed by atoms with Gasteiger partial charge in [-0.2, -0.15) is 26.3 Å². The van der Waals surface area contributed by atoms with Crippen LogP contribution in [0.2, 0.25) is 0 Å². The third-order valence-electron chi connectivity index (χ3n) is 2.13. The minimum atomic E-state index is -4.75. The van der Waals surface area contributed by atoms with Crippen LogP contribution in [0.25, 0.3) is 0 Å². The second-order valence-electron chi connectivity index (χ2n) is 3.19. The molecule has 16 heavy (non-hydrogen) atoms. The fourth-order valence-electron chi connectivity index (χ4n) is 1.28. The van der Waals surface area contributed by atoms with Crippen molar-refractivity contribution in [3.63, 3.8) is 0 Å². The van der Waals surface area contributed by atoms with Gasteiger partial charge in [-0.3, -0.25) is 0 Å². The van der Waals surface area contributed by atoms with Gasteiger partial charge in [-0.25, -0.2) is 0 Å². The molecule has 7 heteroatoms. The molecule has 0 fully saturated rings. The van der Waals surface area contributed by atoms with Gasteiger partial charge in [-0.05, 0) is 24.6 Å². The zero-order chi connectivity index (χ0) is 12.7. The number of hydrogen-bond donors (Lipinski definition) is 1. The Morgan fingerprint density at radius 3 is 1.62 bits per heavy atom. The Balaban J connectivity index is 3.41. The van der Waals surface area contributed by atoms with Crippen LogP contribution >= 0.6 is 0 Å². The first kappa shape index (κ1) is 12.7. The molecular formula is C9H7F6N. The van der Waals surface area contributed by atoms with Gasteiger partial charge in [0.15, 0.2) is 0 Å². The zero-order valence-electron chi connectivity index (χ0n) is 8.00. The van der Waals surface area contributed by atoms with Crippen LogP contribution in [0.4, 0.5) is 32.0 Å². The standard InChI is InChI=1S/C9H7F6N/c1-4-5(8(10,11)12)2-3-6(7(4)16)9(13,14)15/h2-3H,16H2,1H3. The van der Waals surface area contributed by atoms with Crippen LogP contribution in [0.15, 0.2) is 12.1 Å². The highest BCUT2D eigenvalue weighted by Crippen LogP contribution is 2.40. The van der Waals surface area contributed by atoms with Crippen molar-refractivity contribution in [2.75, 3.05) is 5.73 Å². The van der Waals surface area contributed by atoms with E-state index in [-0.39, 0.29) is 0 Å². The molecule has 1 aromatic rings. The molecule has 0 spiro atoms. The molecule has 1 nitrogen and oxygen atoms in total. The highest BCUT2D eigenvalue weighted by atomic mass is 19.4. The number of alkyl halides is 6. The molecule has 1 rings (SSSR count). The van der Waals surface area contributed by atoms with Crippen LogP contribution in [0.3, 0.4) is 0 Å². The molecule has 0 radical (unpaired) electrons. The second kappa shape index (κ2) is 3.57. The first-order valence-electron chi connectivity index (χ1n) is 4.08. The second-order valence-corrected chi connectivity index (χ2v) is 3.19. The molecular weight excluding hydrogens is 236 g/mol. The van der Waals surface area contributed by atoms with Gasteiger partial charge in [0, 0.05) is 5.69 Å². The number of halogens is 6. The molecule has 0 unspecified atom stereocenters.